The Balaban J connectivity index is 1.56. The maximum atomic E-state index is 6.14. The third kappa shape index (κ3) is 5.31. The summed E-state index contributed by atoms with van der Waals surface area (Å²) in [5.74, 6) is 3.72. The number of methoxy groups -OCH3 is 1. The van der Waals surface area contributed by atoms with Crippen LogP contribution in [-0.2, 0) is 5.75 Å². The molecule has 7 heteroatoms. The minimum absolute atomic E-state index is 0.638. The van der Waals surface area contributed by atoms with Gasteiger partial charge in [0.2, 0.25) is 0 Å². The molecule has 1 N–H and O–H groups in total. The number of hydrogen-bond donors (Lipinski definition) is 1. The van der Waals surface area contributed by atoms with Crippen LogP contribution in [0.1, 0.15) is 11.3 Å². The molecule has 4 rings (SSSR count). The van der Waals surface area contributed by atoms with Gasteiger partial charge in [-0.25, -0.2) is 9.97 Å². The van der Waals surface area contributed by atoms with Crippen LogP contribution in [0, 0.1) is 6.92 Å². The number of pyridine rings is 1. The number of benzene rings is 2. The predicted octanol–water partition coefficient (Wildman–Crippen LogP) is 6.68. The van der Waals surface area contributed by atoms with Crippen LogP contribution in [0.15, 0.2) is 77.1 Å². The minimum Gasteiger partial charge on any atom is -0.497 e. The zero-order valence-corrected chi connectivity index (χ0v) is 18.3. The number of nitrogens with one attached hydrogen (secondary N) is 1. The number of anilines is 2. The van der Waals surface area contributed by atoms with Gasteiger partial charge in [-0.3, -0.25) is 0 Å². The number of hydrogen-bond acceptors (Lipinski definition) is 7. The van der Waals surface area contributed by atoms with Crippen LogP contribution in [0.2, 0.25) is 0 Å². The van der Waals surface area contributed by atoms with E-state index in [1.54, 1.807) is 18.9 Å². The van der Waals surface area contributed by atoms with Gasteiger partial charge in [-0.05, 0) is 42.8 Å². The van der Waals surface area contributed by atoms with Crippen molar-refractivity contribution in [3.8, 4) is 17.2 Å². The highest BCUT2D eigenvalue weighted by Gasteiger charge is 2.11. The summed E-state index contributed by atoms with van der Waals surface area (Å²) < 4.78 is 11.4. The zero-order valence-electron chi connectivity index (χ0n) is 16.7. The maximum Gasteiger partial charge on any atom is 0.188 e. The topological polar surface area (TPSA) is 56.3 Å². The first-order valence-electron chi connectivity index (χ1n) is 9.37. The van der Waals surface area contributed by atoms with Crippen molar-refractivity contribution in [2.45, 2.75) is 17.6 Å². The number of thiazole rings is 1. The van der Waals surface area contributed by atoms with Crippen molar-refractivity contribution in [3.63, 3.8) is 0 Å². The van der Waals surface area contributed by atoms with E-state index in [1.807, 2.05) is 73.1 Å². The molecule has 0 aliphatic rings. The van der Waals surface area contributed by atoms with E-state index in [1.165, 1.54) is 16.9 Å². The number of para-hydroxylation sites is 1. The summed E-state index contributed by atoms with van der Waals surface area (Å²) in [6, 6.07) is 19.8. The standard InChI is InChI=1S/C23H21N3O2S2/c1-16-14-30-23(25-16)26-22-21(28-18-8-4-3-5-9-18)12-20(13-24-22)29-15-17-7-6-10-19(11-17)27-2/h3-14H,15H2,1-2H3,(H,24,25,26). The predicted molar refractivity (Wildman–Crippen MR) is 123 cm³/mol. The molecule has 0 aliphatic carbocycles. The van der Waals surface area contributed by atoms with Crippen molar-refractivity contribution in [1.29, 1.82) is 0 Å². The summed E-state index contributed by atoms with van der Waals surface area (Å²) in [6.07, 6.45) is 1.85. The zero-order chi connectivity index (χ0) is 20.8. The second kappa shape index (κ2) is 9.65. The van der Waals surface area contributed by atoms with Gasteiger partial charge in [-0.1, -0.05) is 30.3 Å². The first kappa shape index (κ1) is 20.3. The minimum atomic E-state index is 0.638. The van der Waals surface area contributed by atoms with E-state index < -0.39 is 0 Å². The van der Waals surface area contributed by atoms with E-state index in [2.05, 4.69) is 21.4 Å². The van der Waals surface area contributed by atoms with E-state index in [0.29, 0.717) is 11.6 Å². The van der Waals surface area contributed by atoms with Crippen LogP contribution in [-0.4, -0.2) is 17.1 Å². The molecule has 0 fully saturated rings. The quantitative estimate of drug-likeness (QED) is 0.311. The smallest absolute Gasteiger partial charge is 0.188 e. The second-order valence-corrected chi connectivity index (χ2v) is 8.40. The number of nitrogens with zero attached hydrogens (tertiary/aromatic N) is 2. The fourth-order valence-electron chi connectivity index (χ4n) is 2.73. The molecule has 0 unspecified atom stereocenters. The molecule has 0 amide bonds. The monoisotopic (exact) mass is 435 g/mol. The van der Waals surface area contributed by atoms with Crippen LogP contribution in [0.5, 0.6) is 17.2 Å². The lowest BCUT2D eigenvalue weighted by atomic mass is 10.2. The molecule has 0 saturated carbocycles. The highest BCUT2D eigenvalue weighted by atomic mass is 32.2. The van der Waals surface area contributed by atoms with Gasteiger partial charge in [0, 0.05) is 22.2 Å². The Labute approximate surface area is 184 Å². The highest BCUT2D eigenvalue weighted by molar-refractivity contribution is 7.98. The van der Waals surface area contributed by atoms with Gasteiger partial charge < -0.3 is 14.8 Å². The molecule has 2 heterocycles. The third-order valence-corrected chi connectivity index (χ3v) is 6.09. The normalized spacial score (nSPS) is 10.6. The van der Waals surface area contributed by atoms with Crippen molar-refractivity contribution < 1.29 is 9.47 Å². The molecule has 4 aromatic rings. The van der Waals surface area contributed by atoms with Crippen LogP contribution in [0.3, 0.4) is 0 Å². The fourth-order valence-corrected chi connectivity index (χ4v) is 4.25. The summed E-state index contributed by atoms with van der Waals surface area (Å²) in [5.41, 5.74) is 2.16. The van der Waals surface area contributed by atoms with E-state index in [4.69, 9.17) is 9.47 Å². The van der Waals surface area contributed by atoms with Gasteiger partial charge in [0.25, 0.3) is 0 Å². The van der Waals surface area contributed by atoms with Crippen LogP contribution in [0.25, 0.3) is 0 Å². The average molecular weight is 436 g/mol. The van der Waals surface area contributed by atoms with E-state index in [0.717, 1.165) is 33.0 Å². The summed E-state index contributed by atoms with van der Waals surface area (Å²) >= 11 is 3.24. The molecule has 2 aromatic carbocycles. The Hall–Kier alpha value is -3.03. The lowest BCUT2D eigenvalue weighted by Gasteiger charge is -2.12. The van der Waals surface area contributed by atoms with Gasteiger partial charge >= 0.3 is 0 Å². The van der Waals surface area contributed by atoms with Crippen molar-refractivity contribution >= 4 is 34.0 Å². The lowest BCUT2D eigenvalue weighted by molar-refractivity contribution is 0.414. The number of rotatable bonds is 8. The first-order chi connectivity index (χ1) is 14.7. The van der Waals surface area contributed by atoms with Crippen molar-refractivity contribution in [2.24, 2.45) is 0 Å². The average Bonchev–Trinajstić information content (AvgIpc) is 3.19. The van der Waals surface area contributed by atoms with Crippen molar-refractivity contribution in [2.75, 3.05) is 12.4 Å². The molecule has 2 aromatic heterocycles. The van der Waals surface area contributed by atoms with Crippen molar-refractivity contribution in [1.82, 2.24) is 9.97 Å². The number of aryl methyl sites for hydroxylation is 1. The Morgan fingerprint density at radius 3 is 2.63 bits per heavy atom. The van der Waals surface area contributed by atoms with Gasteiger partial charge in [0.1, 0.15) is 11.5 Å². The summed E-state index contributed by atoms with van der Waals surface area (Å²) in [7, 11) is 1.68. The number of thioether (sulfide) groups is 1. The summed E-state index contributed by atoms with van der Waals surface area (Å²) in [6.45, 7) is 1.97. The summed E-state index contributed by atoms with van der Waals surface area (Å²) in [5, 5.41) is 6.06. The lowest BCUT2D eigenvalue weighted by Crippen LogP contribution is -1.98. The van der Waals surface area contributed by atoms with Crippen LogP contribution < -0.4 is 14.8 Å². The van der Waals surface area contributed by atoms with Gasteiger partial charge in [-0.2, -0.15) is 0 Å². The molecule has 0 atom stereocenters. The molecular weight excluding hydrogens is 414 g/mol. The molecule has 0 radical (unpaired) electrons. The number of ether oxygens (including phenoxy) is 2. The Kier molecular flexibility index (Phi) is 6.51. The molecule has 0 aliphatic heterocycles. The Morgan fingerprint density at radius 1 is 1.03 bits per heavy atom. The van der Waals surface area contributed by atoms with Crippen LogP contribution >= 0.6 is 23.1 Å². The molecule has 0 bridgehead atoms. The second-order valence-electron chi connectivity index (χ2n) is 6.49. The molecule has 0 saturated heterocycles. The van der Waals surface area contributed by atoms with Gasteiger partial charge in [0.05, 0.1) is 12.8 Å². The first-order valence-corrected chi connectivity index (χ1v) is 11.2. The van der Waals surface area contributed by atoms with E-state index >= 15 is 0 Å². The molecule has 0 spiro atoms. The fraction of sp³-hybridized carbons (Fsp3) is 0.130. The van der Waals surface area contributed by atoms with E-state index in [9.17, 15) is 0 Å². The molecular formula is C23H21N3O2S2. The Bertz CT molecular complexity index is 1120. The summed E-state index contributed by atoms with van der Waals surface area (Å²) in [4.78, 5) is 10.1. The van der Waals surface area contributed by atoms with Crippen molar-refractivity contribution in [3.05, 3.63) is 83.5 Å². The highest BCUT2D eigenvalue weighted by Crippen LogP contribution is 2.35. The molecule has 5 nitrogen and oxygen atoms in total. The number of aromatic nitrogens is 2. The largest absolute Gasteiger partial charge is 0.497 e. The molecule has 30 heavy (non-hydrogen) atoms. The molecule has 152 valence electrons. The van der Waals surface area contributed by atoms with E-state index in [-0.39, 0.29) is 0 Å². The Morgan fingerprint density at radius 2 is 1.87 bits per heavy atom. The van der Waals surface area contributed by atoms with Gasteiger partial charge in [0.15, 0.2) is 16.7 Å². The van der Waals surface area contributed by atoms with Gasteiger partial charge in [-0.15, -0.1) is 23.1 Å². The third-order valence-electron chi connectivity index (χ3n) is 4.18. The van der Waals surface area contributed by atoms with Crippen LogP contribution in [0.4, 0.5) is 10.9 Å². The SMILES string of the molecule is COc1cccc(CSc2cnc(Nc3nc(C)cs3)c(Oc3ccccc3)c2)c1. The maximum absolute atomic E-state index is 6.14.